The number of para-hydroxylation sites is 2. The number of hydrogen-bond acceptors (Lipinski definition) is 5. The highest BCUT2D eigenvalue weighted by Crippen LogP contribution is 2.24. The van der Waals surface area contributed by atoms with Crippen LogP contribution in [0.25, 0.3) is 11.3 Å². The second kappa shape index (κ2) is 8.66. The van der Waals surface area contributed by atoms with E-state index in [9.17, 15) is 4.79 Å². The van der Waals surface area contributed by atoms with Gasteiger partial charge >= 0.3 is 6.03 Å². The van der Waals surface area contributed by atoms with Crippen LogP contribution >= 0.6 is 0 Å². The lowest BCUT2D eigenvalue weighted by molar-refractivity contribution is 0.262. The molecule has 0 saturated carbocycles. The molecule has 138 valence electrons. The molecule has 2 N–H and O–H groups in total. The van der Waals surface area contributed by atoms with Gasteiger partial charge in [-0.15, -0.1) is 10.2 Å². The predicted molar refractivity (Wildman–Crippen MR) is 104 cm³/mol. The second-order valence-electron chi connectivity index (χ2n) is 5.55. The first-order valence-electron chi connectivity index (χ1n) is 8.47. The Bertz CT molecular complexity index is 896. The summed E-state index contributed by atoms with van der Waals surface area (Å²) in [6, 6.07) is 17.8. The number of benzene rings is 2. The first-order valence-corrected chi connectivity index (χ1v) is 8.47. The van der Waals surface area contributed by atoms with Gasteiger partial charge in [-0.2, -0.15) is 0 Å². The number of carbonyl (C=O) groups excluding carboxylic acids is 1. The fourth-order valence-corrected chi connectivity index (χ4v) is 2.44. The first-order chi connectivity index (χ1) is 13.2. The average molecular weight is 364 g/mol. The van der Waals surface area contributed by atoms with Gasteiger partial charge in [-0.05, 0) is 37.3 Å². The van der Waals surface area contributed by atoms with E-state index < -0.39 is 0 Å². The van der Waals surface area contributed by atoms with E-state index >= 15 is 0 Å². The van der Waals surface area contributed by atoms with Crippen molar-refractivity contribution in [1.29, 1.82) is 0 Å². The van der Waals surface area contributed by atoms with Crippen LogP contribution in [0.15, 0.2) is 60.7 Å². The third kappa shape index (κ3) is 4.72. The number of anilines is 2. The monoisotopic (exact) mass is 364 g/mol. The number of hydrogen-bond donors (Lipinski definition) is 2. The normalized spacial score (nSPS) is 10.1. The van der Waals surface area contributed by atoms with E-state index in [1.54, 1.807) is 31.4 Å². The summed E-state index contributed by atoms with van der Waals surface area (Å²) in [6.07, 6.45) is 0. The molecular formula is C20H20N4O3. The molecule has 7 heteroatoms. The Kier molecular flexibility index (Phi) is 5.84. The van der Waals surface area contributed by atoms with E-state index in [4.69, 9.17) is 9.47 Å². The van der Waals surface area contributed by atoms with Gasteiger partial charge in [-0.25, -0.2) is 4.79 Å². The zero-order chi connectivity index (χ0) is 19.1. The number of ether oxygens (including phenoxy) is 2. The minimum Gasteiger partial charge on any atom is -0.492 e. The van der Waals surface area contributed by atoms with E-state index in [-0.39, 0.29) is 6.03 Å². The van der Waals surface area contributed by atoms with Gasteiger partial charge in [0.1, 0.15) is 5.75 Å². The summed E-state index contributed by atoms with van der Waals surface area (Å²) in [5, 5.41) is 13.6. The van der Waals surface area contributed by atoms with Gasteiger partial charge < -0.3 is 20.1 Å². The molecule has 0 atom stereocenters. The summed E-state index contributed by atoms with van der Waals surface area (Å²) < 4.78 is 10.5. The van der Waals surface area contributed by atoms with Crippen molar-refractivity contribution < 1.29 is 14.3 Å². The van der Waals surface area contributed by atoms with Gasteiger partial charge in [0.25, 0.3) is 0 Å². The van der Waals surface area contributed by atoms with E-state index in [1.807, 2.05) is 43.3 Å². The third-order valence-electron chi connectivity index (χ3n) is 3.72. The number of urea groups is 1. The van der Waals surface area contributed by atoms with Crippen LogP contribution in [0.3, 0.4) is 0 Å². The van der Waals surface area contributed by atoms with Crippen molar-refractivity contribution in [3.63, 3.8) is 0 Å². The van der Waals surface area contributed by atoms with E-state index in [1.165, 1.54) is 0 Å². The summed E-state index contributed by atoms with van der Waals surface area (Å²) in [5.74, 6) is 1.09. The highest BCUT2D eigenvalue weighted by atomic mass is 16.5. The van der Waals surface area contributed by atoms with Crippen molar-refractivity contribution in [2.24, 2.45) is 0 Å². The molecule has 0 saturated heterocycles. The van der Waals surface area contributed by atoms with E-state index in [0.717, 1.165) is 11.3 Å². The van der Waals surface area contributed by atoms with Gasteiger partial charge in [0, 0.05) is 17.3 Å². The third-order valence-corrected chi connectivity index (χ3v) is 3.72. The number of aromatic nitrogens is 2. The Balaban J connectivity index is 1.65. The largest absolute Gasteiger partial charge is 0.492 e. The fourth-order valence-electron chi connectivity index (χ4n) is 2.44. The van der Waals surface area contributed by atoms with Crippen LogP contribution in [0.4, 0.5) is 16.2 Å². The molecule has 3 rings (SSSR count). The van der Waals surface area contributed by atoms with Gasteiger partial charge in [-0.3, -0.25) is 0 Å². The Morgan fingerprint density at radius 3 is 2.41 bits per heavy atom. The zero-order valence-electron chi connectivity index (χ0n) is 15.1. The molecule has 7 nitrogen and oxygen atoms in total. The molecule has 0 aliphatic rings. The molecule has 0 radical (unpaired) electrons. The van der Waals surface area contributed by atoms with E-state index in [2.05, 4.69) is 20.8 Å². The minimum atomic E-state index is -0.348. The van der Waals surface area contributed by atoms with Crippen LogP contribution in [0.1, 0.15) is 6.92 Å². The van der Waals surface area contributed by atoms with Gasteiger partial charge in [0.15, 0.2) is 0 Å². The maximum atomic E-state index is 12.2. The van der Waals surface area contributed by atoms with Crippen molar-refractivity contribution in [3.8, 4) is 22.9 Å². The Hall–Kier alpha value is -3.61. The van der Waals surface area contributed by atoms with Crippen molar-refractivity contribution >= 4 is 17.4 Å². The lowest BCUT2D eigenvalue weighted by Gasteiger charge is -2.12. The fraction of sp³-hybridized carbons (Fsp3) is 0.150. The first kappa shape index (κ1) is 18.2. The minimum absolute atomic E-state index is 0.348. The molecule has 27 heavy (non-hydrogen) atoms. The highest BCUT2D eigenvalue weighted by molar-refractivity contribution is 6.00. The molecule has 3 aromatic rings. The van der Waals surface area contributed by atoms with Crippen LogP contribution in [-0.2, 0) is 0 Å². The number of carbonyl (C=O) groups is 1. The Morgan fingerprint density at radius 1 is 0.963 bits per heavy atom. The maximum absolute atomic E-state index is 12.2. The Labute approximate surface area is 157 Å². The van der Waals surface area contributed by atoms with Crippen molar-refractivity contribution in [2.45, 2.75) is 6.92 Å². The average Bonchev–Trinajstić information content (AvgIpc) is 2.70. The molecular weight excluding hydrogens is 344 g/mol. The second-order valence-corrected chi connectivity index (χ2v) is 5.55. The molecule has 0 fully saturated rings. The summed E-state index contributed by atoms with van der Waals surface area (Å²) in [4.78, 5) is 12.2. The summed E-state index contributed by atoms with van der Waals surface area (Å²) in [5.41, 5.74) is 2.88. The molecule has 0 spiro atoms. The van der Waals surface area contributed by atoms with Gasteiger partial charge in [-0.1, -0.05) is 24.3 Å². The van der Waals surface area contributed by atoms with Crippen molar-refractivity contribution in [1.82, 2.24) is 10.2 Å². The standard InChI is InChI=1S/C20H20N4O3/c1-3-27-18-7-5-4-6-17(18)22-20(25)21-15-10-8-14(9-11-15)16-12-13-19(26-2)24-23-16/h4-13H,3H2,1-2H3,(H2,21,22,25). The molecule has 1 aromatic heterocycles. The molecule has 0 aliphatic carbocycles. The van der Waals surface area contributed by atoms with Crippen LogP contribution < -0.4 is 20.1 Å². The Morgan fingerprint density at radius 2 is 1.74 bits per heavy atom. The number of amides is 2. The number of nitrogens with zero attached hydrogens (tertiary/aromatic N) is 2. The van der Waals surface area contributed by atoms with Gasteiger partial charge in [0.2, 0.25) is 5.88 Å². The lowest BCUT2D eigenvalue weighted by Crippen LogP contribution is -2.19. The highest BCUT2D eigenvalue weighted by Gasteiger charge is 2.08. The van der Waals surface area contributed by atoms with Crippen LogP contribution in [0.2, 0.25) is 0 Å². The number of rotatable bonds is 6. The number of methoxy groups -OCH3 is 1. The topological polar surface area (TPSA) is 85.4 Å². The summed E-state index contributed by atoms with van der Waals surface area (Å²) >= 11 is 0. The number of nitrogens with one attached hydrogen (secondary N) is 2. The molecule has 0 aliphatic heterocycles. The van der Waals surface area contributed by atoms with Crippen molar-refractivity contribution in [2.75, 3.05) is 24.4 Å². The maximum Gasteiger partial charge on any atom is 0.323 e. The van der Waals surface area contributed by atoms with Crippen molar-refractivity contribution in [3.05, 3.63) is 60.7 Å². The summed E-state index contributed by atoms with van der Waals surface area (Å²) in [7, 11) is 1.54. The zero-order valence-corrected chi connectivity index (χ0v) is 15.1. The van der Waals surface area contributed by atoms with Crippen LogP contribution in [0.5, 0.6) is 11.6 Å². The molecule has 0 unspecified atom stereocenters. The van der Waals surface area contributed by atoms with Crippen LogP contribution in [0, 0.1) is 0 Å². The smallest absolute Gasteiger partial charge is 0.323 e. The SMILES string of the molecule is CCOc1ccccc1NC(=O)Nc1ccc(-c2ccc(OC)nn2)cc1. The lowest BCUT2D eigenvalue weighted by atomic mass is 10.1. The molecule has 0 bridgehead atoms. The molecule has 2 aromatic carbocycles. The summed E-state index contributed by atoms with van der Waals surface area (Å²) in [6.45, 7) is 2.42. The quantitative estimate of drug-likeness (QED) is 0.685. The molecule has 2 amide bonds. The molecule has 1 heterocycles. The van der Waals surface area contributed by atoms with Crippen LogP contribution in [-0.4, -0.2) is 29.9 Å². The van der Waals surface area contributed by atoms with E-state index in [0.29, 0.717) is 29.6 Å². The van der Waals surface area contributed by atoms with Gasteiger partial charge in [0.05, 0.1) is 25.1 Å². The predicted octanol–water partition coefficient (Wildman–Crippen LogP) is 4.19.